The number of rotatable bonds is 20. The third-order valence-corrected chi connectivity index (χ3v) is 23.0. The lowest BCUT2D eigenvalue weighted by Gasteiger charge is -2.71. The van der Waals surface area contributed by atoms with Crippen molar-refractivity contribution < 1.29 is 139 Å². The molecule has 0 aromatic rings. The number of ether oxygens (including phenoxy) is 9. The molecule has 2 bridgehead atoms. The number of aliphatic hydroxyl groups excluding tert-OH is 15. The van der Waals surface area contributed by atoms with E-state index in [1.807, 2.05) is 6.92 Å². The van der Waals surface area contributed by atoms with Gasteiger partial charge in [0.15, 0.2) is 25.0 Å². The second kappa shape index (κ2) is 27.8. The summed E-state index contributed by atoms with van der Waals surface area (Å²) in [4.78, 5) is 38.4. The van der Waals surface area contributed by atoms with Crippen LogP contribution in [-0.4, -0.2) is 287 Å². The molecule has 9 rings (SSSR count). The molecule has 5 aliphatic carbocycles. The molecule has 4 heterocycles. The molecule has 4 saturated carbocycles. The van der Waals surface area contributed by atoms with Crippen LogP contribution in [0.3, 0.4) is 0 Å². The van der Waals surface area contributed by atoms with Gasteiger partial charge < -0.3 is 130 Å². The Morgan fingerprint density at radius 3 is 1.99 bits per heavy atom. The molecule has 518 valence electrons. The summed E-state index contributed by atoms with van der Waals surface area (Å²) in [6.45, 7) is 15.3. The number of carboxylic acid groups (broad SMARTS) is 1. The van der Waals surface area contributed by atoms with E-state index < -0.39 is 212 Å². The van der Waals surface area contributed by atoms with E-state index in [1.165, 1.54) is 12.5 Å². The number of aliphatic carboxylic acids is 1. The highest BCUT2D eigenvalue weighted by atomic mass is 16.8. The lowest BCUT2D eigenvalue weighted by Crippen LogP contribution is -2.69. The lowest BCUT2D eigenvalue weighted by atomic mass is 9.33. The van der Waals surface area contributed by atoms with E-state index >= 15 is 0 Å². The first kappa shape index (κ1) is 73.0. The van der Waals surface area contributed by atoms with Crippen LogP contribution < -0.4 is 5.32 Å². The van der Waals surface area contributed by atoms with Gasteiger partial charge in [-0.15, -0.1) is 0 Å². The zero-order chi connectivity index (χ0) is 66.9. The van der Waals surface area contributed by atoms with E-state index in [-0.39, 0.29) is 42.9 Å². The van der Waals surface area contributed by atoms with Gasteiger partial charge in [-0.2, -0.15) is 0 Å². The Morgan fingerprint density at radius 1 is 0.733 bits per heavy atom. The summed E-state index contributed by atoms with van der Waals surface area (Å²) in [5.41, 5.74) is -2.40. The number of nitrogens with one attached hydrogen (secondary N) is 1. The molecular formula is C61H101NO28. The van der Waals surface area contributed by atoms with E-state index in [0.29, 0.717) is 44.9 Å². The lowest BCUT2D eigenvalue weighted by molar-refractivity contribution is -0.387. The van der Waals surface area contributed by atoms with Gasteiger partial charge in [0.05, 0.1) is 68.3 Å². The first-order chi connectivity index (χ1) is 42.0. The van der Waals surface area contributed by atoms with Crippen LogP contribution in [0.15, 0.2) is 11.6 Å². The summed E-state index contributed by atoms with van der Waals surface area (Å²) in [6, 6.07) is 0. The number of aliphatic hydroxyl groups is 15. The van der Waals surface area contributed by atoms with Crippen LogP contribution in [0.2, 0.25) is 0 Å². The fourth-order valence-electron chi connectivity index (χ4n) is 17.4. The smallest absolute Gasteiger partial charge is 0.335 e. The van der Waals surface area contributed by atoms with Gasteiger partial charge in [-0.05, 0) is 105 Å². The van der Waals surface area contributed by atoms with Crippen molar-refractivity contribution in [3.05, 3.63) is 11.6 Å². The van der Waals surface area contributed by atoms with E-state index in [1.54, 1.807) is 20.9 Å². The topological polar surface area (TPSA) is 470 Å². The summed E-state index contributed by atoms with van der Waals surface area (Å²) in [7, 11) is 1.57. The molecule has 10 unspecified atom stereocenters. The third-order valence-electron chi connectivity index (χ3n) is 23.0. The van der Waals surface area contributed by atoms with Crippen molar-refractivity contribution >= 4 is 17.9 Å². The standard InChI is InChI=1S/C54H84O23.C7H17NO5/c1-22(23(2)71-24(3)57)45(68)70-21-54-26-16-49(4,5)43(42(54)65)73-32(54)17-53(9)25(26)10-11-30-50(6)14-13-31(51(7,20-56)29(50)12-15-52(30,53)8)74-48-40(76-46-36(62)33(59)27(58)19-69-46)38(64)39(41(77-48)44(66)67)75-47-37(63)35(61)34(60)28(18-55)72-47;1-8-2-4(10)6(12)7(13)5(11)3-9/h10,22-23,26-43,46-48,55-56,58-65H,11-21H2,1-9H3,(H,66,67);4-13H,2-3H2,1H3/t22?,23?,26?,27-,28-,29?,30?,31?,32-,33+,34-,35+,36-,37-,38+,39+,40-,41+,42?,43-,46+,47-,48-,50?,51-,52?,53-,54?;4-,5+,6+,7+/m10/s1. The number of fused-ring (bicyclic) bond motifs is 7. The number of carbonyl (C=O) groups excluding carboxylic acids is 2. The van der Waals surface area contributed by atoms with Gasteiger partial charge in [-0.3, -0.25) is 9.59 Å². The highest BCUT2D eigenvalue weighted by Crippen LogP contribution is 2.77. The van der Waals surface area contributed by atoms with Crippen molar-refractivity contribution in [3.8, 4) is 0 Å². The summed E-state index contributed by atoms with van der Waals surface area (Å²) < 4.78 is 54.3. The molecular weight excluding hydrogens is 1190 g/mol. The molecule has 0 aromatic heterocycles. The molecule has 90 heavy (non-hydrogen) atoms. The van der Waals surface area contributed by atoms with Crippen LogP contribution in [-0.2, 0) is 57.0 Å². The molecule has 0 radical (unpaired) electrons. The van der Waals surface area contributed by atoms with E-state index in [0.717, 1.165) is 0 Å². The van der Waals surface area contributed by atoms with E-state index in [2.05, 4.69) is 46.0 Å². The fourth-order valence-corrected chi connectivity index (χ4v) is 17.4. The molecule has 0 spiro atoms. The summed E-state index contributed by atoms with van der Waals surface area (Å²) in [6.07, 6.45) is -28.5. The Hall–Kier alpha value is -2.77. The van der Waals surface area contributed by atoms with Gasteiger partial charge in [0.1, 0.15) is 92.1 Å². The summed E-state index contributed by atoms with van der Waals surface area (Å²) in [5, 5.41) is 168. The number of hydrogen-bond acceptors (Lipinski definition) is 28. The van der Waals surface area contributed by atoms with Gasteiger partial charge in [0, 0.05) is 18.9 Å². The van der Waals surface area contributed by atoms with Crippen molar-refractivity contribution in [2.24, 2.45) is 56.2 Å². The number of esters is 2. The van der Waals surface area contributed by atoms with Crippen LogP contribution in [0.1, 0.15) is 107 Å². The summed E-state index contributed by atoms with van der Waals surface area (Å²) >= 11 is 0. The van der Waals surface area contributed by atoms with Crippen LogP contribution in [0.4, 0.5) is 0 Å². The molecule has 9 aliphatic rings. The Kier molecular flexibility index (Phi) is 22.5. The second-order valence-corrected chi connectivity index (χ2v) is 28.6. The Bertz CT molecular complexity index is 2510. The average molecular weight is 1300 g/mol. The van der Waals surface area contributed by atoms with Crippen molar-refractivity contribution in [2.75, 3.05) is 46.6 Å². The summed E-state index contributed by atoms with van der Waals surface area (Å²) in [5.74, 6) is -3.82. The number of likely N-dealkylation sites (N-methyl/N-ethyl adjacent to an activating group) is 1. The van der Waals surface area contributed by atoms with Gasteiger partial charge in [-0.25, -0.2) is 4.79 Å². The third kappa shape index (κ3) is 12.7. The molecule has 17 N–H and O–H groups in total. The van der Waals surface area contributed by atoms with E-state index in [4.69, 9.17) is 63.1 Å². The second-order valence-electron chi connectivity index (χ2n) is 28.6. The number of carbonyl (C=O) groups is 3. The Labute approximate surface area is 523 Å². The first-order valence-electron chi connectivity index (χ1n) is 31.5. The Balaban J connectivity index is 0.000000721. The van der Waals surface area contributed by atoms with Crippen LogP contribution in [0.25, 0.3) is 0 Å². The number of hydrogen-bond donors (Lipinski definition) is 17. The normalized spacial score (nSPS) is 47.2. The van der Waals surface area contributed by atoms with Crippen molar-refractivity contribution in [1.82, 2.24) is 5.32 Å². The monoisotopic (exact) mass is 1300 g/mol. The zero-order valence-corrected chi connectivity index (χ0v) is 52.9. The van der Waals surface area contributed by atoms with Crippen molar-refractivity contribution in [2.45, 2.75) is 248 Å². The molecule has 4 aliphatic heterocycles. The highest BCUT2D eigenvalue weighted by molar-refractivity contribution is 5.74. The van der Waals surface area contributed by atoms with Crippen molar-refractivity contribution in [1.29, 1.82) is 0 Å². The van der Waals surface area contributed by atoms with Gasteiger partial charge in [0.2, 0.25) is 0 Å². The van der Waals surface area contributed by atoms with Crippen LogP contribution in [0.5, 0.6) is 0 Å². The van der Waals surface area contributed by atoms with Gasteiger partial charge >= 0.3 is 17.9 Å². The molecule has 0 aromatic carbocycles. The fraction of sp³-hybridized carbons (Fsp3) is 0.918. The minimum atomic E-state index is -2.09. The predicted molar refractivity (Wildman–Crippen MR) is 306 cm³/mol. The SMILES string of the molecule is CC(=O)OC(C)C(C)C(=O)OCC12C3CC(C)(C)[C@H](O[C@@H]1C[C@]1(C)C3=CCC3C4(C)CCC(O[C@@H]5O[C@H](C(=O)O)[C@@H](O[C@H]6O[C@H](CO)[C@@H](O)[C@H](O)[C@H]6O)[C@H](O)[C@H]5O[C@@H]5OC[C@@H](O)[C@H](O)[C@H]5O)[C@](C)(CO)C4CCC31C)C2O.CNC[C@H](O)[C@@H](O)[C@H](O)[C@H](O)CO. The molecule has 0 amide bonds. The van der Waals surface area contributed by atoms with Gasteiger partial charge in [-0.1, -0.05) is 53.2 Å². The minimum Gasteiger partial charge on any atom is -0.479 e. The predicted octanol–water partition coefficient (Wildman–Crippen LogP) is -3.94. The van der Waals surface area contributed by atoms with Crippen LogP contribution >= 0.6 is 0 Å². The van der Waals surface area contributed by atoms with Gasteiger partial charge in [0.25, 0.3) is 0 Å². The first-order valence-corrected chi connectivity index (χ1v) is 31.5. The Morgan fingerprint density at radius 2 is 1.38 bits per heavy atom. The molecule has 29 heteroatoms. The highest BCUT2D eigenvalue weighted by Gasteiger charge is 2.76. The zero-order valence-electron chi connectivity index (χ0n) is 52.9. The number of allylic oxidation sites excluding steroid dienone is 2. The molecule has 29 nitrogen and oxygen atoms in total. The molecule has 8 fully saturated rings. The molecule has 32 atom stereocenters. The number of carboxylic acids is 1. The maximum absolute atomic E-state index is 13.6. The largest absolute Gasteiger partial charge is 0.479 e. The van der Waals surface area contributed by atoms with E-state index in [9.17, 15) is 75.7 Å². The minimum absolute atomic E-state index is 0.0482. The average Bonchev–Trinajstić information content (AvgIpc) is 1.24. The molecule has 4 saturated heterocycles. The van der Waals surface area contributed by atoms with Crippen molar-refractivity contribution in [3.63, 3.8) is 0 Å². The quantitative estimate of drug-likeness (QED) is 0.0314. The maximum atomic E-state index is 13.6. The van der Waals surface area contributed by atoms with Crippen LogP contribution in [0, 0.1) is 56.2 Å². The maximum Gasteiger partial charge on any atom is 0.335 e.